The predicted octanol–water partition coefficient (Wildman–Crippen LogP) is 6.87. The number of hydrogen-bond donors (Lipinski definition) is 2. The van der Waals surface area contributed by atoms with Crippen molar-refractivity contribution in [1.82, 2.24) is 5.32 Å². The van der Waals surface area contributed by atoms with Crippen LogP contribution in [0.15, 0.2) is 83.3 Å². The summed E-state index contributed by atoms with van der Waals surface area (Å²) in [5.74, 6) is 1.31. The van der Waals surface area contributed by atoms with Crippen LogP contribution in [0.3, 0.4) is 0 Å². The lowest BCUT2D eigenvalue weighted by molar-refractivity contribution is -0.129. The van der Waals surface area contributed by atoms with Crippen LogP contribution in [-0.2, 0) is 9.59 Å². The van der Waals surface area contributed by atoms with E-state index < -0.39 is 18.0 Å². The second-order valence-corrected chi connectivity index (χ2v) is 13.3. The zero-order valence-electron chi connectivity index (χ0n) is 22.8. The average molecular weight is 614 g/mol. The van der Waals surface area contributed by atoms with Crippen molar-refractivity contribution in [2.24, 2.45) is 23.2 Å². The van der Waals surface area contributed by atoms with Crippen molar-refractivity contribution in [3.8, 4) is 0 Å². The molecule has 0 radical (unpaired) electrons. The van der Waals surface area contributed by atoms with Crippen LogP contribution in [-0.4, -0.2) is 30.4 Å². The second kappa shape index (κ2) is 10.3. The van der Waals surface area contributed by atoms with Gasteiger partial charge in [-0.3, -0.25) is 14.5 Å². The molecule has 1 heterocycles. The fourth-order valence-electron chi connectivity index (χ4n) is 8.32. The molecule has 8 rings (SSSR count). The maximum Gasteiger partial charge on any atom is 0.320 e. The Bertz CT molecular complexity index is 1470. The summed E-state index contributed by atoms with van der Waals surface area (Å²) in [6.07, 6.45) is 7.31. The van der Waals surface area contributed by atoms with Crippen molar-refractivity contribution in [3.05, 3.63) is 83.3 Å². The first-order valence-electron chi connectivity index (χ1n) is 14.5. The highest BCUT2D eigenvalue weighted by molar-refractivity contribution is 9.10. The SMILES string of the molecule is O=C(Nc1cccc(Br)c1)NC1C(=O)N(CC23CC4CC(CC(C4)C2)C3)c2ccccc2N(c2ccccc2)C1=O. The minimum Gasteiger partial charge on any atom is -0.318 e. The molecule has 7 nitrogen and oxygen atoms in total. The molecule has 3 aromatic carbocycles. The van der Waals surface area contributed by atoms with Crippen molar-refractivity contribution in [2.45, 2.75) is 44.6 Å². The van der Waals surface area contributed by atoms with E-state index in [1.165, 1.54) is 19.3 Å². The summed E-state index contributed by atoms with van der Waals surface area (Å²) in [5.41, 5.74) is 2.61. The Morgan fingerprint density at radius 3 is 2.10 bits per heavy atom. The molecule has 4 amide bonds. The number of urea groups is 1. The van der Waals surface area contributed by atoms with E-state index in [0.717, 1.165) is 41.5 Å². The summed E-state index contributed by atoms with van der Waals surface area (Å²) >= 11 is 3.42. The molecule has 2 N–H and O–H groups in total. The number of amides is 4. The van der Waals surface area contributed by atoms with Gasteiger partial charge in [-0.25, -0.2) is 4.79 Å². The van der Waals surface area contributed by atoms with Crippen molar-refractivity contribution in [2.75, 3.05) is 21.7 Å². The van der Waals surface area contributed by atoms with Crippen LogP contribution < -0.4 is 20.4 Å². The van der Waals surface area contributed by atoms with Crippen LogP contribution in [0, 0.1) is 23.2 Å². The minimum absolute atomic E-state index is 0.0472. The summed E-state index contributed by atoms with van der Waals surface area (Å²) in [6.45, 7) is 0.563. The van der Waals surface area contributed by atoms with Gasteiger partial charge < -0.3 is 15.5 Å². The molecule has 1 atom stereocenters. The monoisotopic (exact) mass is 612 g/mol. The number of rotatable bonds is 5. The molecule has 210 valence electrons. The molecule has 4 saturated carbocycles. The third-order valence-corrected chi connectivity index (χ3v) is 9.92. The van der Waals surface area contributed by atoms with E-state index in [0.29, 0.717) is 29.3 Å². The third kappa shape index (κ3) is 4.92. The minimum atomic E-state index is -1.39. The number of benzene rings is 3. The number of nitrogens with one attached hydrogen (secondary N) is 2. The molecule has 4 aliphatic carbocycles. The lowest BCUT2D eigenvalue weighted by Crippen LogP contribution is -2.58. The van der Waals surface area contributed by atoms with Gasteiger partial charge in [-0.1, -0.05) is 52.3 Å². The molecule has 4 fully saturated rings. The van der Waals surface area contributed by atoms with E-state index >= 15 is 0 Å². The van der Waals surface area contributed by atoms with E-state index in [1.54, 1.807) is 17.0 Å². The maximum atomic E-state index is 14.5. The van der Waals surface area contributed by atoms with Crippen LogP contribution in [0.2, 0.25) is 0 Å². The van der Waals surface area contributed by atoms with Crippen LogP contribution in [0.25, 0.3) is 0 Å². The standard InChI is InChI=1S/C33H33BrN4O3/c34-24-7-6-8-25(16-24)35-32(41)36-29-30(39)37(20-33-17-21-13-22(18-33)15-23(14-21)19-33)27-11-4-5-12-28(27)38(31(29)40)26-9-2-1-3-10-26/h1-12,16,21-23,29H,13-15,17-20H2,(H2,35,36,41). The Morgan fingerprint density at radius 2 is 1.44 bits per heavy atom. The normalized spacial score (nSPS) is 28.3. The molecule has 8 heteroatoms. The van der Waals surface area contributed by atoms with E-state index in [9.17, 15) is 14.4 Å². The highest BCUT2D eigenvalue weighted by atomic mass is 79.9. The van der Waals surface area contributed by atoms with Gasteiger partial charge in [-0.2, -0.15) is 0 Å². The number of fused-ring (bicyclic) bond motifs is 1. The molecule has 5 aliphatic rings. The lowest BCUT2D eigenvalue weighted by atomic mass is 9.49. The number of carbonyl (C=O) groups is 3. The van der Waals surface area contributed by atoms with E-state index in [2.05, 4.69) is 26.6 Å². The number of halogens is 1. The fourth-order valence-corrected chi connectivity index (χ4v) is 8.72. The highest BCUT2D eigenvalue weighted by Crippen LogP contribution is 2.60. The molecule has 4 bridgehead atoms. The average Bonchev–Trinajstić information content (AvgIpc) is 3.02. The Balaban J connectivity index is 1.27. The van der Waals surface area contributed by atoms with Crippen molar-refractivity contribution in [3.63, 3.8) is 0 Å². The summed E-state index contributed by atoms with van der Waals surface area (Å²) < 4.78 is 0.810. The van der Waals surface area contributed by atoms with Crippen LogP contribution >= 0.6 is 15.9 Å². The van der Waals surface area contributed by atoms with Gasteiger partial charge in [-0.15, -0.1) is 0 Å². The van der Waals surface area contributed by atoms with Crippen molar-refractivity contribution < 1.29 is 14.4 Å². The molecule has 0 saturated heterocycles. The number of hydrogen-bond acceptors (Lipinski definition) is 3. The van der Waals surface area contributed by atoms with E-state index in [-0.39, 0.29) is 11.3 Å². The number of nitrogens with zero attached hydrogens (tertiary/aromatic N) is 2. The largest absolute Gasteiger partial charge is 0.320 e. The van der Waals surface area contributed by atoms with Gasteiger partial charge in [0.05, 0.1) is 11.4 Å². The van der Waals surface area contributed by atoms with Crippen molar-refractivity contribution in [1.29, 1.82) is 0 Å². The van der Waals surface area contributed by atoms with Crippen LogP contribution in [0.4, 0.5) is 27.5 Å². The lowest BCUT2D eigenvalue weighted by Gasteiger charge is -2.57. The molecule has 0 aromatic heterocycles. The first kappa shape index (κ1) is 26.3. The smallest absolute Gasteiger partial charge is 0.318 e. The quantitative estimate of drug-likeness (QED) is 0.309. The Morgan fingerprint density at radius 1 is 0.805 bits per heavy atom. The van der Waals surface area contributed by atoms with Crippen LogP contribution in [0.1, 0.15) is 38.5 Å². The Labute approximate surface area is 248 Å². The van der Waals surface area contributed by atoms with Crippen molar-refractivity contribution >= 4 is 56.5 Å². The van der Waals surface area contributed by atoms with Gasteiger partial charge in [0.25, 0.3) is 11.8 Å². The maximum absolute atomic E-state index is 14.5. The molecule has 1 unspecified atom stereocenters. The van der Waals surface area contributed by atoms with Gasteiger partial charge >= 0.3 is 6.03 Å². The topological polar surface area (TPSA) is 81.8 Å². The second-order valence-electron chi connectivity index (χ2n) is 12.4. The zero-order chi connectivity index (χ0) is 28.1. The molecular formula is C33H33BrN4O3. The predicted molar refractivity (Wildman–Crippen MR) is 163 cm³/mol. The number of carbonyl (C=O) groups excluding carboxylic acids is 3. The molecular weight excluding hydrogens is 580 g/mol. The molecule has 1 aliphatic heterocycles. The molecule has 41 heavy (non-hydrogen) atoms. The first-order chi connectivity index (χ1) is 19.9. The summed E-state index contributed by atoms with van der Waals surface area (Å²) in [6, 6.07) is 22.2. The van der Waals surface area contributed by atoms with Gasteiger partial charge in [-0.05, 0) is 104 Å². The van der Waals surface area contributed by atoms with Gasteiger partial charge in [0.15, 0.2) is 6.04 Å². The van der Waals surface area contributed by atoms with E-state index in [1.807, 2.05) is 71.6 Å². The van der Waals surface area contributed by atoms with Gasteiger partial charge in [0, 0.05) is 22.4 Å². The number of anilines is 4. The highest BCUT2D eigenvalue weighted by Gasteiger charge is 2.53. The van der Waals surface area contributed by atoms with E-state index in [4.69, 9.17) is 0 Å². The fraction of sp³-hybridized carbons (Fsp3) is 0.364. The zero-order valence-corrected chi connectivity index (χ0v) is 24.3. The van der Waals surface area contributed by atoms with Gasteiger partial charge in [0.1, 0.15) is 0 Å². The molecule has 0 spiro atoms. The third-order valence-electron chi connectivity index (χ3n) is 9.42. The first-order valence-corrected chi connectivity index (χ1v) is 15.3. The van der Waals surface area contributed by atoms with Gasteiger partial charge in [0.2, 0.25) is 0 Å². The number of para-hydroxylation sites is 3. The summed E-state index contributed by atoms with van der Waals surface area (Å²) in [4.78, 5) is 45.4. The summed E-state index contributed by atoms with van der Waals surface area (Å²) in [7, 11) is 0. The molecule has 3 aromatic rings. The van der Waals surface area contributed by atoms with Crippen LogP contribution in [0.5, 0.6) is 0 Å². The Kier molecular flexibility index (Phi) is 6.61. The summed E-state index contributed by atoms with van der Waals surface area (Å²) in [5, 5.41) is 5.54. The Hall–Kier alpha value is -3.65.